The third kappa shape index (κ3) is 5.42. The van der Waals surface area contributed by atoms with E-state index >= 15 is 4.39 Å². The Labute approximate surface area is 202 Å². The minimum Gasteiger partial charge on any atom is -0.339 e. The molecule has 0 radical (unpaired) electrons. The van der Waals surface area contributed by atoms with Crippen molar-refractivity contribution in [3.63, 3.8) is 0 Å². The van der Waals surface area contributed by atoms with Crippen molar-refractivity contribution < 1.29 is 32.1 Å². The molecular weight excluding hydrogens is 460 g/mol. The van der Waals surface area contributed by atoms with Crippen LogP contribution in [-0.4, -0.2) is 18.3 Å². The first kappa shape index (κ1) is 25.4. The van der Waals surface area contributed by atoms with Crippen molar-refractivity contribution in [1.82, 2.24) is 0 Å². The lowest BCUT2D eigenvalue weighted by atomic mass is 9.85. The number of hydrogen-bond donors (Lipinski definition) is 1. The lowest BCUT2D eigenvalue weighted by Gasteiger charge is -2.42. The fourth-order valence-electron chi connectivity index (χ4n) is 4.27. The fourth-order valence-corrected chi connectivity index (χ4v) is 4.27. The summed E-state index contributed by atoms with van der Waals surface area (Å²) in [7, 11) is 0. The van der Waals surface area contributed by atoms with Crippen LogP contribution >= 0.6 is 0 Å². The summed E-state index contributed by atoms with van der Waals surface area (Å²) < 4.78 is 67.9. The van der Waals surface area contributed by atoms with Crippen LogP contribution in [0.2, 0.25) is 0 Å². The van der Waals surface area contributed by atoms with E-state index in [4.69, 9.17) is 9.47 Å². The second-order valence-corrected chi connectivity index (χ2v) is 9.45. The monoisotopic (exact) mass is 488 g/mol. The van der Waals surface area contributed by atoms with Crippen LogP contribution in [0.15, 0.2) is 54.6 Å². The minimum absolute atomic E-state index is 0.0602. The highest BCUT2D eigenvalue weighted by atomic mass is 19.2. The Kier molecular flexibility index (Phi) is 7.31. The number of rotatable bonds is 7. The zero-order valence-corrected chi connectivity index (χ0v) is 19.7. The summed E-state index contributed by atoms with van der Waals surface area (Å²) >= 11 is 0. The number of hydrogen-bond acceptors (Lipinski definition) is 3. The zero-order chi connectivity index (χ0) is 25.2. The highest BCUT2D eigenvalue weighted by molar-refractivity contribution is 5.71. The number of ether oxygens (including phenoxy) is 2. The van der Waals surface area contributed by atoms with Gasteiger partial charge < -0.3 is 14.6 Å². The molecule has 3 nitrogen and oxygen atoms in total. The van der Waals surface area contributed by atoms with Crippen molar-refractivity contribution in [3.05, 3.63) is 83.4 Å². The van der Waals surface area contributed by atoms with E-state index in [-0.39, 0.29) is 46.4 Å². The van der Waals surface area contributed by atoms with Gasteiger partial charge in [0.15, 0.2) is 11.6 Å². The van der Waals surface area contributed by atoms with Gasteiger partial charge in [-0.15, -0.1) is 0 Å². The van der Waals surface area contributed by atoms with Gasteiger partial charge in [-0.25, -0.2) is 17.6 Å². The van der Waals surface area contributed by atoms with E-state index in [2.05, 4.69) is 6.92 Å². The minimum atomic E-state index is -2.06. The zero-order valence-electron chi connectivity index (χ0n) is 19.7. The molecule has 1 N–H and O–H groups in total. The molecule has 1 fully saturated rings. The van der Waals surface area contributed by atoms with Crippen LogP contribution in [0.4, 0.5) is 17.6 Å². The quantitative estimate of drug-likeness (QED) is 0.280. The van der Waals surface area contributed by atoms with E-state index in [1.54, 1.807) is 0 Å². The van der Waals surface area contributed by atoms with Gasteiger partial charge in [-0.1, -0.05) is 63.4 Å². The molecule has 0 spiro atoms. The molecule has 4 rings (SSSR count). The van der Waals surface area contributed by atoms with E-state index in [0.717, 1.165) is 49.9 Å². The average molecular weight is 489 g/mol. The molecule has 0 bridgehead atoms. The Balaban J connectivity index is 1.52. The van der Waals surface area contributed by atoms with Gasteiger partial charge in [0, 0.05) is 22.1 Å². The number of aliphatic hydroxyl groups is 1. The van der Waals surface area contributed by atoms with Crippen LogP contribution in [0.3, 0.4) is 0 Å². The van der Waals surface area contributed by atoms with E-state index in [1.165, 1.54) is 30.3 Å². The number of halogens is 4. The summed E-state index contributed by atoms with van der Waals surface area (Å²) in [5.74, 6) is -5.58. The highest BCUT2D eigenvalue weighted by Gasteiger charge is 2.42. The molecule has 3 aromatic rings. The van der Waals surface area contributed by atoms with Crippen molar-refractivity contribution in [2.75, 3.05) is 13.2 Å². The summed E-state index contributed by atoms with van der Waals surface area (Å²) in [6.45, 7) is 4.70. The van der Waals surface area contributed by atoms with Gasteiger partial charge >= 0.3 is 5.97 Å². The molecule has 3 aromatic carbocycles. The van der Waals surface area contributed by atoms with Gasteiger partial charge in [-0.05, 0) is 41.8 Å². The Morgan fingerprint density at radius 1 is 0.743 bits per heavy atom. The molecule has 0 saturated carbocycles. The SMILES string of the molecule is CCCCCC1(C)COC(O)(c2ccc(-c3ccc(-c4ccc(F)c(F)c4)c(F)c3)c(F)c2)OC1. The third-order valence-electron chi connectivity index (χ3n) is 6.46. The Bertz CT molecular complexity index is 1200. The first-order valence-electron chi connectivity index (χ1n) is 11.7. The van der Waals surface area contributed by atoms with E-state index < -0.39 is 29.2 Å². The highest BCUT2D eigenvalue weighted by Crippen LogP contribution is 2.39. The van der Waals surface area contributed by atoms with E-state index in [9.17, 15) is 18.3 Å². The molecule has 1 aliphatic heterocycles. The predicted octanol–water partition coefficient (Wildman–Crippen LogP) is 7.31. The fraction of sp³-hybridized carbons (Fsp3) is 0.357. The average Bonchev–Trinajstić information content (AvgIpc) is 2.83. The second-order valence-electron chi connectivity index (χ2n) is 9.45. The molecule has 1 heterocycles. The van der Waals surface area contributed by atoms with Crippen molar-refractivity contribution in [2.24, 2.45) is 5.41 Å². The van der Waals surface area contributed by atoms with E-state index in [1.807, 2.05) is 6.92 Å². The maximum Gasteiger partial charge on any atom is 0.309 e. The molecule has 0 aliphatic carbocycles. The third-order valence-corrected chi connectivity index (χ3v) is 6.46. The van der Waals surface area contributed by atoms with Gasteiger partial charge in [0.1, 0.15) is 11.6 Å². The summed E-state index contributed by atoms with van der Waals surface area (Å²) in [5.41, 5.74) is 0.455. The van der Waals surface area contributed by atoms with Crippen LogP contribution in [-0.2, 0) is 15.4 Å². The van der Waals surface area contributed by atoms with Gasteiger partial charge in [-0.3, -0.25) is 0 Å². The van der Waals surface area contributed by atoms with Gasteiger partial charge in [0.25, 0.3) is 0 Å². The maximum atomic E-state index is 15.0. The molecule has 186 valence electrons. The summed E-state index contributed by atoms with van der Waals surface area (Å²) in [4.78, 5) is 0. The largest absolute Gasteiger partial charge is 0.339 e. The Hall–Kier alpha value is -2.74. The standard InChI is InChI=1S/C28H28F4O3/c1-3-4-5-12-27(2)16-34-28(33,35-17-27)20-8-10-22(25(31)15-20)18-6-9-21(24(30)13-18)19-7-11-23(29)26(32)14-19/h6-11,13-15,33H,3-5,12,16-17H2,1-2H3. The number of benzene rings is 3. The van der Waals surface area contributed by atoms with Crippen molar-refractivity contribution in [3.8, 4) is 22.3 Å². The second kappa shape index (κ2) is 10.1. The van der Waals surface area contributed by atoms with Crippen LogP contribution in [0.1, 0.15) is 45.1 Å². The molecular formula is C28H28F4O3. The topological polar surface area (TPSA) is 38.7 Å². The molecule has 1 aliphatic rings. The van der Waals surface area contributed by atoms with Crippen molar-refractivity contribution in [2.45, 2.75) is 45.5 Å². The summed E-state index contributed by atoms with van der Waals surface area (Å²) in [6, 6.07) is 11.1. The molecule has 35 heavy (non-hydrogen) atoms. The normalized spacial score (nSPS) is 22.4. The first-order chi connectivity index (χ1) is 16.6. The smallest absolute Gasteiger partial charge is 0.309 e. The maximum absolute atomic E-state index is 15.0. The first-order valence-corrected chi connectivity index (χ1v) is 11.7. The lowest BCUT2D eigenvalue weighted by Crippen LogP contribution is -2.46. The predicted molar refractivity (Wildman–Crippen MR) is 125 cm³/mol. The Morgan fingerprint density at radius 3 is 1.89 bits per heavy atom. The molecule has 1 saturated heterocycles. The van der Waals surface area contributed by atoms with E-state index in [0.29, 0.717) is 0 Å². The van der Waals surface area contributed by atoms with Gasteiger partial charge in [0.05, 0.1) is 13.2 Å². The van der Waals surface area contributed by atoms with Gasteiger partial charge in [0.2, 0.25) is 0 Å². The summed E-state index contributed by atoms with van der Waals surface area (Å²) in [5, 5.41) is 10.9. The summed E-state index contributed by atoms with van der Waals surface area (Å²) in [6.07, 6.45) is 4.14. The molecule has 0 unspecified atom stereocenters. The Morgan fingerprint density at radius 2 is 1.31 bits per heavy atom. The van der Waals surface area contributed by atoms with Crippen LogP contribution in [0.5, 0.6) is 0 Å². The van der Waals surface area contributed by atoms with Gasteiger partial charge in [-0.2, -0.15) is 0 Å². The van der Waals surface area contributed by atoms with Crippen LogP contribution in [0.25, 0.3) is 22.3 Å². The van der Waals surface area contributed by atoms with Crippen molar-refractivity contribution in [1.29, 1.82) is 0 Å². The van der Waals surface area contributed by atoms with Crippen LogP contribution in [0, 0.1) is 28.7 Å². The number of unbranched alkanes of at least 4 members (excludes halogenated alkanes) is 2. The molecule has 7 heteroatoms. The van der Waals surface area contributed by atoms with Crippen molar-refractivity contribution >= 4 is 0 Å². The van der Waals surface area contributed by atoms with Crippen LogP contribution < -0.4 is 0 Å². The molecule has 0 amide bonds. The molecule has 0 atom stereocenters. The molecule has 0 aromatic heterocycles. The lowest BCUT2D eigenvalue weighted by molar-refractivity contribution is -0.415.